The number of nitrogens with zero attached hydrogens (tertiary/aromatic N) is 2. The van der Waals surface area contributed by atoms with Gasteiger partial charge in [0.2, 0.25) is 0 Å². The van der Waals surface area contributed by atoms with Gasteiger partial charge in [0, 0.05) is 30.2 Å². The molecule has 1 atom stereocenters. The normalized spacial score (nSPS) is 12.2. The van der Waals surface area contributed by atoms with E-state index in [4.69, 9.17) is 4.74 Å². The van der Waals surface area contributed by atoms with Gasteiger partial charge in [-0.15, -0.1) is 0 Å². The van der Waals surface area contributed by atoms with Crippen molar-refractivity contribution in [1.29, 1.82) is 0 Å². The predicted molar refractivity (Wildman–Crippen MR) is 75.2 cm³/mol. The number of nitro benzene ring substituents is 1. The third-order valence-corrected chi connectivity index (χ3v) is 3.22. The maximum absolute atomic E-state index is 11.1. The standard InChI is InChI=1S/C12H17BrN2O3/c1-4-14(9(2)8-18-3)11-6-5-10(13)7-12(11)15(16)17/h5-7,9H,4,8H2,1-3H3. The molecule has 0 spiro atoms. The molecule has 0 fully saturated rings. The van der Waals surface area contributed by atoms with Crippen LogP contribution in [0.15, 0.2) is 22.7 Å². The molecule has 0 aliphatic carbocycles. The molecule has 0 bridgehead atoms. The van der Waals surface area contributed by atoms with Crippen LogP contribution in [0.2, 0.25) is 0 Å². The number of halogens is 1. The average molecular weight is 317 g/mol. The first-order valence-corrected chi connectivity index (χ1v) is 6.50. The Bertz CT molecular complexity index is 426. The Morgan fingerprint density at radius 1 is 1.56 bits per heavy atom. The van der Waals surface area contributed by atoms with Crippen LogP contribution in [-0.2, 0) is 4.74 Å². The van der Waals surface area contributed by atoms with Crippen molar-refractivity contribution in [3.63, 3.8) is 0 Å². The number of rotatable bonds is 6. The highest BCUT2D eigenvalue weighted by molar-refractivity contribution is 9.10. The highest BCUT2D eigenvalue weighted by atomic mass is 79.9. The lowest BCUT2D eigenvalue weighted by Crippen LogP contribution is -2.36. The maximum Gasteiger partial charge on any atom is 0.293 e. The summed E-state index contributed by atoms with van der Waals surface area (Å²) in [6, 6.07) is 5.18. The second kappa shape index (κ2) is 6.70. The Labute approximate surface area is 115 Å². The van der Waals surface area contributed by atoms with Crippen molar-refractivity contribution in [3.05, 3.63) is 32.8 Å². The number of likely N-dealkylation sites (N-methyl/N-ethyl adjacent to an activating group) is 1. The number of anilines is 1. The molecule has 0 N–H and O–H groups in total. The highest BCUT2D eigenvalue weighted by Gasteiger charge is 2.22. The summed E-state index contributed by atoms with van der Waals surface area (Å²) in [6.07, 6.45) is 0. The summed E-state index contributed by atoms with van der Waals surface area (Å²) in [4.78, 5) is 12.7. The lowest BCUT2D eigenvalue weighted by Gasteiger charge is -2.29. The van der Waals surface area contributed by atoms with E-state index in [-0.39, 0.29) is 16.7 Å². The molecule has 1 rings (SSSR count). The van der Waals surface area contributed by atoms with Crippen LogP contribution in [-0.4, -0.2) is 31.2 Å². The van der Waals surface area contributed by atoms with Gasteiger partial charge >= 0.3 is 0 Å². The Kier molecular flexibility index (Phi) is 5.55. The molecule has 100 valence electrons. The summed E-state index contributed by atoms with van der Waals surface area (Å²) < 4.78 is 5.81. The summed E-state index contributed by atoms with van der Waals surface area (Å²) in [5.41, 5.74) is 0.726. The van der Waals surface area contributed by atoms with Gasteiger partial charge in [0.25, 0.3) is 5.69 Å². The number of ether oxygens (including phenoxy) is 1. The van der Waals surface area contributed by atoms with Gasteiger partial charge in [-0.1, -0.05) is 15.9 Å². The molecule has 0 heterocycles. The first kappa shape index (κ1) is 14.9. The van der Waals surface area contributed by atoms with Crippen LogP contribution in [0.4, 0.5) is 11.4 Å². The third-order valence-electron chi connectivity index (χ3n) is 2.72. The van der Waals surface area contributed by atoms with Crippen molar-refractivity contribution in [3.8, 4) is 0 Å². The molecular formula is C12H17BrN2O3. The van der Waals surface area contributed by atoms with E-state index in [1.165, 1.54) is 6.07 Å². The second-order valence-electron chi connectivity index (χ2n) is 3.98. The van der Waals surface area contributed by atoms with E-state index in [0.717, 1.165) is 0 Å². The van der Waals surface area contributed by atoms with Crippen molar-refractivity contribution in [2.45, 2.75) is 19.9 Å². The fourth-order valence-electron chi connectivity index (χ4n) is 1.94. The fourth-order valence-corrected chi connectivity index (χ4v) is 2.29. The van der Waals surface area contributed by atoms with Gasteiger partial charge in [-0.3, -0.25) is 10.1 Å². The molecular weight excluding hydrogens is 300 g/mol. The molecule has 0 aliphatic heterocycles. The third kappa shape index (κ3) is 3.43. The summed E-state index contributed by atoms with van der Waals surface area (Å²) >= 11 is 3.26. The van der Waals surface area contributed by atoms with E-state index in [1.807, 2.05) is 24.8 Å². The minimum Gasteiger partial charge on any atom is -0.383 e. The van der Waals surface area contributed by atoms with Gasteiger partial charge in [-0.05, 0) is 26.0 Å². The molecule has 0 amide bonds. The van der Waals surface area contributed by atoms with Crippen LogP contribution in [0.5, 0.6) is 0 Å². The van der Waals surface area contributed by atoms with Gasteiger partial charge in [-0.25, -0.2) is 0 Å². The van der Waals surface area contributed by atoms with Gasteiger partial charge in [0.1, 0.15) is 5.69 Å². The molecule has 5 nitrogen and oxygen atoms in total. The SMILES string of the molecule is CCN(c1ccc(Br)cc1[N+](=O)[O-])C(C)COC. The minimum absolute atomic E-state index is 0.0832. The Hall–Kier alpha value is -1.14. The van der Waals surface area contributed by atoms with Crippen molar-refractivity contribution in [1.82, 2.24) is 0 Å². The zero-order chi connectivity index (χ0) is 13.7. The van der Waals surface area contributed by atoms with E-state index < -0.39 is 0 Å². The Balaban J connectivity index is 3.16. The van der Waals surface area contributed by atoms with Crippen LogP contribution in [0.3, 0.4) is 0 Å². The van der Waals surface area contributed by atoms with Crippen LogP contribution in [0, 0.1) is 10.1 Å². The van der Waals surface area contributed by atoms with E-state index in [2.05, 4.69) is 15.9 Å². The summed E-state index contributed by atoms with van der Waals surface area (Å²) in [6.45, 7) is 5.17. The zero-order valence-electron chi connectivity index (χ0n) is 10.7. The fraction of sp³-hybridized carbons (Fsp3) is 0.500. The van der Waals surface area contributed by atoms with E-state index in [1.54, 1.807) is 13.2 Å². The molecule has 6 heteroatoms. The topological polar surface area (TPSA) is 55.6 Å². The predicted octanol–water partition coefficient (Wildman–Crippen LogP) is 3.22. The Morgan fingerprint density at radius 2 is 2.22 bits per heavy atom. The van der Waals surface area contributed by atoms with Crippen LogP contribution >= 0.6 is 15.9 Å². The van der Waals surface area contributed by atoms with Crippen molar-refractivity contribution in [2.24, 2.45) is 0 Å². The lowest BCUT2D eigenvalue weighted by molar-refractivity contribution is -0.384. The van der Waals surface area contributed by atoms with Crippen LogP contribution < -0.4 is 4.90 Å². The highest BCUT2D eigenvalue weighted by Crippen LogP contribution is 2.32. The minimum atomic E-state index is -0.359. The number of benzene rings is 1. The molecule has 1 aromatic rings. The summed E-state index contributed by atoms with van der Waals surface area (Å²) in [7, 11) is 1.63. The smallest absolute Gasteiger partial charge is 0.293 e. The van der Waals surface area contributed by atoms with Gasteiger partial charge in [0.05, 0.1) is 11.5 Å². The molecule has 0 saturated carbocycles. The van der Waals surface area contributed by atoms with E-state index in [9.17, 15) is 10.1 Å². The van der Waals surface area contributed by atoms with Crippen LogP contribution in [0.1, 0.15) is 13.8 Å². The molecule has 0 radical (unpaired) electrons. The molecule has 1 unspecified atom stereocenters. The molecule has 0 aliphatic rings. The zero-order valence-corrected chi connectivity index (χ0v) is 12.3. The quantitative estimate of drug-likeness (QED) is 0.597. The van der Waals surface area contributed by atoms with Gasteiger partial charge < -0.3 is 9.64 Å². The second-order valence-corrected chi connectivity index (χ2v) is 4.90. The average Bonchev–Trinajstić information content (AvgIpc) is 2.32. The van der Waals surface area contributed by atoms with Crippen molar-refractivity contribution in [2.75, 3.05) is 25.2 Å². The number of hydrogen-bond acceptors (Lipinski definition) is 4. The van der Waals surface area contributed by atoms with E-state index >= 15 is 0 Å². The lowest BCUT2D eigenvalue weighted by atomic mass is 10.2. The molecule has 18 heavy (non-hydrogen) atoms. The van der Waals surface area contributed by atoms with Crippen LogP contribution in [0.25, 0.3) is 0 Å². The maximum atomic E-state index is 11.1. The van der Waals surface area contributed by atoms with E-state index in [0.29, 0.717) is 23.3 Å². The molecule has 0 aromatic heterocycles. The summed E-state index contributed by atoms with van der Waals surface area (Å²) in [5.74, 6) is 0. The largest absolute Gasteiger partial charge is 0.383 e. The summed E-state index contributed by atoms with van der Waals surface area (Å²) in [5, 5.41) is 11.1. The first-order valence-electron chi connectivity index (χ1n) is 5.70. The van der Waals surface area contributed by atoms with Crippen molar-refractivity contribution >= 4 is 27.3 Å². The Morgan fingerprint density at radius 3 is 2.72 bits per heavy atom. The number of nitro groups is 1. The molecule has 0 saturated heterocycles. The first-order chi connectivity index (χ1) is 8.51. The number of hydrogen-bond donors (Lipinski definition) is 0. The molecule has 1 aromatic carbocycles. The monoisotopic (exact) mass is 316 g/mol. The van der Waals surface area contributed by atoms with Gasteiger partial charge in [0.15, 0.2) is 0 Å². The van der Waals surface area contributed by atoms with Gasteiger partial charge in [-0.2, -0.15) is 0 Å². The van der Waals surface area contributed by atoms with Crippen molar-refractivity contribution < 1.29 is 9.66 Å². The number of methoxy groups -OCH3 is 1.